The van der Waals surface area contributed by atoms with E-state index in [1.165, 1.54) is 0 Å². The van der Waals surface area contributed by atoms with Gasteiger partial charge in [-0.2, -0.15) is 5.06 Å². The number of nitrogens with zero attached hydrogens (tertiary/aromatic N) is 1. The summed E-state index contributed by atoms with van der Waals surface area (Å²) in [5, 5.41) is 1.72. The average molecular weight is 321 g/mol. The molecule has 118 valence electrons. The first kappa shape index (κ1) is 16.9. The molecular weight excluding hydrogens is 301 g/mol. The van der Waals surface area contributed by atoms with Crippen LogP contribution < -0.4 is 0 Å². The summed E-state index contributed by atoms with van der Waals surface area (Å²) in [7, 11) is -4.04. The summed E-state index contributed by atoms with van der Waals surface area (Å²) in [4.78, 5) is 23.4. The number of hydroxylamine groups is 2. The molecule has 0 aliphatic heterocycles. The van der Waals surface area contributed by atoms with Gasteiger partial charge in [0.25, 0.3) is 0 Å². The van der Waals surface area contributed by atoms with Gasteiger partial charge >= 0.3 is 7.60 Å². The molecule has 0 aliphatic rings. The van der Waals surface area contributed by atoms with E-state index in [9.17, 15) is 4.57 Å². The van der Waals surface area contributed by atoms with Gasteiger partial charge in [0.05, 0.1) is 12.8 Å². The molecule has 0 saturated heterocycles. The van der Waals surface area contributed by atoms with Crippen molar-refractivity contribution in [3.05, 3.63) is 71.8 Å². The van der Waals surface area contributed by atoms with E-state index in [1.807, 2.05) is 60.7 Å². The first-order chi connectivity index (χ1) is 10.5. The maximum absolute atomic E-state index is 10.9. The third-order valence-electron chi connectivity index (χ3n) is 3.06. The number of hydrogen-bond acceptors (Lipinski definition) is 3. The molecular formula is C16H20NO4P. The topological polar surface area (TPSA) is 70.0 Å². The van der Waals surface area contributed by atoms with Gasteiger partial charge in [-0.05, 0) is 11.1 Å². The highest BCUT2D eigenvalue weighted by molar-refractivity contribution is 7.51. The van der Waals surface area contributed by atoms with Gasteiger partial charge in [-0.25, -0.2) is 0 Å². The molecule has 6 heteroatoms. The van der Waals surface area contributed by atoms with E-state index >= 15 is 0 Å². The van der Waals surface area contributed by atoms with Gasteiger partial charge in [0.2, 0.25) is 0 Å². The van der Waals surface area contributed by atoms with Crippen LogP contribution in [0.2, 0.25) is 0 Å². The largest absolute Gasteiger partial charge is 0.327 e. The SMILES string of the molecule is O=P(O)(O)CCON(Cc1ccccc1)Cc1ccccc1. The summed E-state index contributed by atoms with van der Waals surface area (Å²) >= 11 is 0. The number of hydrogen-bond donors (Lipinski definition) is 2. The first-order valence-electron chi connectivity index (χ1n) is 7.03. The maximum Gasteiger partial charge on any atom is 0.327 e. The standard InChI is InChI=1S/C16H20NO4P/c18-22(19,20)12-11-21-17(13-15-7-3-1-4-8-15)14-16-9-5-2-6-10-16/h1-10H,11-14H2,(H2,18,19,20). The van der Waals surface area contributed by atoms with Gasteiger partial charge in [0, 0.05) is 13.1 Å². The van der Waals surface area contributed by atoms with E-state index in [-0.39, 0.29) is 12.8 Å². The summed E-state index contributed by atoms with van der Waals surface area (Å²) in [6.07, 6.45) is -0.285. The van der Waals surface area contributed by atoms with Crippen LogP contribution in [0.3, 0.4) is 0 Å². The molecule has 5 nitrogen and oxygen atoms in total. The highest BCUT2D eigenvalue weighted by atomic mass is 31.2. The Morgan fingerprint density at radius 3 is 1.73 bits per heavy atom. The lowest BCUT2D eigenvalue weighted by Crippen LogP contribution is -2.24. The minimum atomic E-state index is -4.04. The van der Waals surface area contributed by atoms with Gasteiger partial charge in [0.1, 0.15) is 0 Å². The van der Waals surface area contributed by atoms with Crippen LogP contribution in [0.4, 0.5) is 0 Å². The first-order valence-corrected chi connectivity index (χ1v) is 8.83. The second kappa shape index (κ2) is 8.22. The van der Waals surface area contributed by atoms with Crippen LogP contribution in [0.15, 0.2) is 60.7 Å². The van der Waals surface area contributed by atoms with Crippen LogP contribution in [-0.2, 0) is 22.5 Å². The molecule has 22 heavy (non-hydrogen) atoms. The highest BCUT2D eigenvalue weighted by Crippen LogP contribution is 2.33. The van der Waals surface area contributed by atoms with Crippen molar-refractivity contribution in [3.8, 4) is 0 Å². The van der Waals surface area contributed by atoms with E-state index in [0.29, 0.717) is 13.1 Å². The van der Waals surface area contributed by atoms with Gasteiger partial charge in [-0.15, -0.1) is 0 Å². The monoisotopic (exact) mass is 321 g/mol. The zero-order chi connectivity index (χ0) is 15.8. The van der Waals surface area contributed by atoms with E-state index in [2.05, 4.69) is 0 Å². The summed E-state index contributed by atoms with van der Waals surface area (Å²) in [6.45, 7) is 1.09. The fraction of sp³-hybridized carbons (Fsp3) is 0.250. The van der Waals surface area contributed by atoms with E-state index in [0.717, 1.165) is 11.1 Å². The van der Waals surface area contributed by atoms with E-state index in [4.69, 9.17) is 14.6 Å². The smallest absolute Gasteiger partial charge is 0.324 e. The van der Waals surface area contributed by atoms with E-state index in [1.54, 1.807) is 5.06 Å². The Morgan fingerprint density at radius 2 is 1.32 bits per heavy atom. The van der Waals surface area contributed by atoms with Gasteiger partial charge in [0.15, 0.2) is 0 Å². The Kier molecular flexibility index (Phi) is 6.31. The molecule has 0 spiro atoms. The Bertz CT molecular complexity index is 559. The van der Waals surface area contributed by atoms with Crippen molar-refractivity contribution in [1.29, 1.82) is 0 Å². The van der Waals surface area contributed by atoms with Crippen molar-refractivity contribution in [2.45, 2.75) is 13.1 Å². The molecule has 0 saturated carbocycles. The zero-order valence-corrected chi connectivity index (χ0v) is 13.1. The van der Waals surface area contributed by atoms with Crippen LogP contribution in [-0.4, -0.2) is 27.6 Å². The van der Waals surface area contributed by atoms with Crippen molar-refractivity contribution in [1.82, 2.24) is 5.06 Å². The molecule has 0 aliphatic carbocycles. The fourth-order valence-corrected chi connectivity index (χ4v) is 2.33. The molecule has 2 N–H and O–H groups in total. The molecule has 0 radical (unpaired) electrons. The Morgan fingerprint density at radius 1 is 0.864 bits per heavy atom. The van der Waals surface area contributed by atoms with Crippen LogP contribution in [0, 0.1) is 0 Å². The minimum Gasteiger partial charge on any atom is -0.324 e. The van der Waals surface area contributed by atoms with Crippen molar-refractivity contribution < 1.29 is 19.2 Å². The number of benzene rings is 2. The quantitative estimate of drug-likeness (QED) is 0.578. The average Bonchev–Trinajstić information content (AvgIpc) is 2.48. The minimum absolute atomic E-state index is 0.00998. The summed E-state index contributed by atoms with van der Waals surface area (Å²) < 4.78 is 10.9. The van der Waals surface area contributed by atoms with E-state index < -0.39 is 7.60 Å². The Labute approximate surface area is 130 Å². The van der Waals surface area contributed by atoms with Gasteiger partial charge in [-0.3, -0.25) is 9.40 Å². The molecule has 2 aromatic carbocycles. The fourth-order valence-electron chi connectivity index (χ4n) is 2.01. The van der Waals surface area contributed by atoms with Crippen molar-refractivity contribution >= 4 is 7.60 Å². The van der Waals surface area contributed by atoms with Gasteiger partial charge < -0.3 is 9.79 Å². The van der Waals surface area contributed by atoms with Crippen LogP contribution >= 0.6 is 7.60 Å². The Balaban J connectivity index is 1.98. The third kappa shape index (κ3) is 6.52. The molecule has 0 amide bonds. The Hall–Kier alpha value is -1.49. The zero-order valence-electron chi connectivity index (χ0n) is 12.2. The lowest BCUT2D eigenvalue weighted by atomic mass is 10.2. The van der Waals surface area contributed by atoms with Crippen molar-refractivity contribution in [2.75, 3.05) is 12.8 Å². The summed E-state index contributed by atoms with van der Waals surface area (Å²) in [5.74, 6) is 0. The molecule has 0 aromatic heterocycles. The highest BCUT2D eigenvalue weighted by Gasteiger charge is 2.15. The predicted octanol–water partition coefficient (Wildman–Crippen LogP) is 2.80. The molecule has 0 heterocycles. The molecule has 0 bridgehead atoms. The van der Waals surface area contributed by atoms with Crippen LogP contribution in [0.25, 0.3) is 0 Å². The molecule has 2 aromatic rings. The lowest BCUT2D eigenvalue weighted by Gasteiger charge is -2.22. The van der Waals surface area contributed by atoms with Gasteiger partial charge in [-0.1, -0.05) is 60.7 Å². The second-order valence-electron chi connectivity index (χ2n) is 4.99. The predicted molar refractivity (Wildman–Crippen MR) is 85.0 cm³/mol. The molecule has 0 fully saturated rings. The van der Waals surface area contributed by atoms with Crippen LogP contribution in [0.1, 0.15) is 11.1 Å². The van der Waals surface area contributed by atoms with Crippen LogP contribution in [0.5, 0.6) is 0 Å². The third-order valence-corrected chi connectivity index (χ3v) is 3.83. The lowest BCUT2D eigenvalue weighted by molar-refractivity contribution is -0.169. The molecule has 2 rings (SSSR count). The molecule has 0 unspecified atom stereocenters. The van der Waals surface area contributed by atoms with Crippen molar-refractivity contribution in [2.24, 2.45) is 0 Å². The summed E-state index contributed by atoms with van der Waals surface area (Å²) in [6, 6.07) is 19.7. The molecule has 0 atom stereocenters. The second-order valence-corrected chi connectivity index (χ2v) is 6.77. The van der Waals surface area contributed by atoms with Crippen molar-refractivity contribution in [3.63, 3.8) is 0 Å². The normalized spacial score (nSPS) is 11.8. The number of rotatable bonds is 8. The maximum atomic E-state index is 10.9. The summed E-state index contributed by atoms with van der Waals surface area (Å²) in [5.41, 5.74) is 2.16.